The van der Waals surface area contributed by atoms with E-state index in [4.69, 9.17) is 0 Å². The smallest absolute Gasteiger partial charge is 0.222 e. The van der Waals surface area contributed by atoms with Crippen molar-refractivity contribution in [3.05, 3.63) is 18.5 Å². The molecule has 0 fully saturated rings. The lowest BCUT2D eigenvalue weighted by Crippen LogP contribution is -2.29. The molecular formula is C11H20N4. The molecule has 1 rings (SSSR count). The van der Waals surface area contributed by atoms with Gasteiger partial charge < -0.3 is 10.2 Å². The summed E-state index contributed by atoms with van der Waals surface area (Å²) in [5.74, 6) is 0.713. The molecule has 1 aromatic heterocycles. The molecule has 0 saturated carbocycles. The predicted octanol–water partition coefficient (Wildman–Crippen LogP) is 1.62. The van der Waals surface area contributed by atoms with Crippen LogP contribution >= 0.6 is 0 Å². The first-order valence-corrected chi connectivity index (χ1v) is 5.60. The summed E-state index contributed by atoms with van der Waals surface area (Å²) in [6.45, 7) is 8.60. The molecule has 4 heteroatoms. The van der Waals surface area contributed by atoms with Gasteiger partial charge in [0, 0.05) is 25.5 Å². The molecule has 4 nitrogen and oxygen atoms in total. The van der Waals surface area contributed by atoms with Crippen LogP contribution in [0.4, 0.5) is 5.95 Å². The zero-order valence-electron chi connectivity index (χ0n) is 9.61. The maximum Gasteiger partial charge on any atom is 0.222 e. The highest BCUT2D eigenvalue weighted by Gasteiger charge is 2.00. The second-order valence-electron chi connectivity index (χ2n) is 3.43. The molecule has 0 atom stereocenters. The minimum atomic E-state index is 0.713. The van der Waals surface area contributed by atoms with Gasteiger partial charge in [0.05, 0.1) is 0 Å². The van der Waals surface area contributed by atoms with Crippen LogP contribution in [0, 0.1) is 0 Å². The third-order valence-corrected chi connectivity index (χ3v) is 2.26. The molecule has 0 radical (unpaired) electrons. The van der Waals surface area contributed by atoms with Crippen LogP contribution in [0.2, 0.25) is 0 Å². The van der Waals surface area contributed by atoms with E-state index in [-0.39, 0.29) is 0 Å². The summed E-state index contributed by atoms with van der Waals surface area (Å²) >= 11 is 0. The quantitative estimate of drug-likeness (QED) is 0.739. The number of rotatable bonds is 7. The lowest BCUT2D eigenvalue weighted by molar-refractivity contribution is 0.300. The molecule has 0 bridgehead atoms. The van der Waals surface area contributed by atoms with Crippen LogP contribution in [0.15, 0.2) is 18.5 Å². The van der Waals surface area contributed by atoms with E-state index in [1.807, 2.05) is 6.07 Å². The van der Waals surface area contributed by atoms with E-state index >= 15 is 0 Å². The van der Waals surface area contributed by atoms with E-state index in [1.54, 1.807) is 12.4 Å². The van der Waals surface area contributed by atoms with Crippen LogP contribution in [-0.4, -0.2) is 41.0 Å². The molecule has 15 heavy (non-hydrogen) atoms. The van der Waals surface area contributed by atoms with E-state index in [2.05, 4.69) is 34.0 Å². The second-order valence-corrected chi connectivity index (χ2v) is 3.43. The van der Waals surface area contributed by atoms with E-state index in [0.29, 0.717) is 5.95 Å². The standard InChI is InChI=1S/C11H20N4/c1-3-9-15(4-2)10-8-14-11-12-6-5-7-13-11/h5-7H,3-4,8-10H2,1-2H3,(H,12,13,14). The van der Waals surface area contributed by atoms with Crippen LogP contribution in [-0.2, 0) is 0 Å². The van der Waals surface area contributed by atoms with Crippen LogP contribution in [0.3, 0.4) is 0 Å². The number of hydrogen-bond acceptors (Lipinski definition) is 4. The Hall–Kier alpha value is -1.16. The van der Waals surface area contributed by atoms with Gasteiger partial charge >= 0.3 is 0 Å². The number of likely N-dealkylation sites (N-methyl/N-ethyl adjacent to an activating group) is 1. The van der Waals surface area contributed by atoms with Gasteiger partial charge in [-0.15, -0.1) is 0 Å². The summed E-state index contributed by atoms with van der Waals surface area (Å²) in [6, 6.07) is 1.82. The number of nitrogens with one attached hydrogen (secondary N) is 1. The first-order valence-electron chi connectivity index (χ1n) is 5.60. The molecule has 1 N–H and O–H groups in total. The van der Waals surface area contributed by atoms with Gasteiger partial charge in [-0.05, 0) is 25.6 Å². The maximum atomic E-state index is 4.11. The van der Waals surface area contributed by atoms with Gasteiger partial charge in [0.1, 0.15) is 0 Å². The Balaban J connectivity index is 2.20. The van der Waals surface area contributed by atoms with E-state index in [0.717, 1.165) is 26.2 Å². The Morgan fingerprint density at radius 3 is 2.53 bits per heavy atom. The normalized spacial score (nSPS) is 10.6. The van der Waals surface area contributed by atoms with E-state index < -0.39 is 0 Å². The second kappa shape index (κ2) is 7.17. The summed E-state index contributed by atoms with van der Waals surface area (Å²) in [5, 5.41) is 3.20. The van der Waals surface area contributed by atoms with Gasteiger partial charge in [-0.1, -0.05) is 13.8 Å². The lowest BCUT2D eigenvalue weighted by atomic mass is 10.4. The van der Waals surface area contributed by atoms with E-state index in [9.17, 15) is 0 Å². The Bertz CT molecular complexity index is 250. The summed E-state index contributed by atoms with van der Waals surface area (Å²) in [5.41, 5.74) is 0. The third kappa shape index (κ3) is 4.74. The van der Waals surface area contributed by atoms with Crippen LogP contribution in [0.1, 0.15) is 20.3 Å². The summed E-state index contributed by atoms with van der Waals surface area (Å²) in [7, 11) is 0. The lowest BCUT2D eigenvalue weighted by Gasteiger charge is -2.19. The van der Waals surface area contributed by atoms with Crippen molar-refractivity contribution in [1.29, 1.82) is 0 Å². The van der Waals surface area contributed by atoms with Gasteiger partial charge in [-0.2, -0.15) is 0 Å². The number of aromatic nitrogens is 2. The monoisotopic (exact) mass is 208 g/mol. The van der Waals surface area contributed by atoms with Crippen molar-refractivity contribution in [3.63, 3.8) is 0 Å². The molecule has 0 aromatic carbocycles. The minimum Gasteiger partial charge on any atom is -0.353 e. The molecule has 0 amide bonds. The van der Waals surface area contributed by atoms with Crippen molar-refractivity contribution in [2.45, 2.75) is 20.3 Å². The SMILES string of the molecule is CCCN(CC)CCNc1ncccn1. The van der Waals surface area contributed by atoms with Gasteiger partial charge in [-0.3, -0.25) is 0 Å². The highest BCUT2D eigenvalue weighted by atomic mass is 15.2. The highest BCUT2D eigenvalue weighted by Crippen LogP contribution is 1.94. The fourth-order valence-electron chi connectivity index (χ4n) is 1.46. The average molecular weight is 208 g/mol. The van der Waals surface area contributed by atoms with Crippen molar-refractivity contribution in [1.82, 2.24) is 14.9 Å². The Morgan fingerprint density at radius 1 is 1.20 bits per heavy atom. The predicted molar refractivity (Wildman–Crippen MR) is 62.9 cm³/mol. The highest BCUT2D eigenvalue weighted by molar-refractivity contribution is 5.21. The third-order valence-electron chi connectivity index (χ3n) is 2.26. The molecule has 84 valence electrons. The van der Waals surface area contributed by atoms with Crippen LogP contribution < -0.4 is 5.32 Å². The molecule has 0 unspecified atom stereocenters. The Morgan fingerprint density at radius 2 is 1.93 bits per heavy atom. The van der Waals surface area contributed by atoms with Crippen molar-refractivity contribution >= 4 is 5.95 Å². The van der Waals surface area contributed by atoms with Crippen LogP contribution in [0.5, 0.6) is 0 Å². The molecule has 0 aliphatic carbocycles. The Labute approximate surface area is 91.7 Å². The molecule has 1 aromatic rings. The fraction of sp³-hybridized carbons (Fsp3) is 0.636. The summed E-state index contributed by atoms with van der Waals surface area (Å²) in [6.07, 6.45) is 4.70. The first-order chi connectivity index (χ1) is 7.36. The maximum absolute atomic E-state index is 4.11. The Kier molecular flexibility index (Phi) is 5.70. The first kappa shape index (κ1) is 11.9. The molecule has 0 saturated heterocycles. The average Bonchev–Trinajstić information content (AvgIpc) is 2.29. The molecule has 0 aliphatic rings. The van der Waals surface area contributed by atoms with Gasteiger partial charge in [-0.25, -0.2) is 9.97 Å². The summed E-state index contributed by atoms with van der Waals surface area (Å²) in [4.78, 5) is 10.6. The topological polar surface area (TPSA) is 41.0 Å². The number of hydrogen-bond donors (Lipinski definition) is 1. The molecule has 0 spiro atoms. The zero-order chi connectivity index (χ0) is 10.9. The van der Waals surface area contributed by atoms with Crippen molar-refractivity contribution in [2.75, 3.05) is 31.5 Å². The zero-order valence-corrected chi connectivity index (χ0v) is 9.61. The minimum absolute atomic E-state index is 0.713. The van der Waals surface area contributed by atoms with Crippen molar-refractivity contribution < 1.29 is 0 Å². The number of anilines is 1. The molecule has 1 heterocycles. The largest absolute Gasteiger partial charge is 0.353 e. The molecular weight excluding hydrogens is 188 g/mol. The van der Waals surface area contributed by atoms with Crippen LogP contribution in [0.25, 0.3) is 0 Å². The number of nitrogens with zero attached hydrogens (tertiary/aromatic N) is 3. The van der Waals surface area contributed by atoms with E-state index in [1.165, 1.54) is 6.42 Å². The van der Waals surface area contributed by atoms with Gasteiger partial charge in [0.2, 0.25) is 5.95 Å². The summed E-state index contributed by atoms with van der Waals surface area (Å²) < 4.78 is 0. The van der Waals surface area contributed by atoms with Gasteiger partial charge in [0.25, 0.3) is 0 Å². The van der Waals surface area contributed by atoms with Crippen molar-refractivity contribution in [2.24, 2.45) is 0 Å². The fourth-order valence-corrected chi connectivity index (χ4v) is 1.46. The molecule has 0 aliphatic heterocycles. The van der Waals surface area contributed by atoms with Crippen molar-refractivity contribution in [3.8, 4) is 0 Å². The van der Waals surface area contributed by atoms with Gasteiger partial charge in [0.15, 0.2) is 0 Å².